The molecular formula is C70H125N9O14. The van der Waals surface area contributed by atoms with Crippen molar-refractivity contribution in [1.82, 2.24) is 44.5 Å². The van der Waals surface area contributed by atoms with Crippen LogP contribution in [-0.2, 0) is 62.2 Å². The van der Waals surface area contributed by atoms with Crippen molar-refractivity contribution >= 4 is 64.6 Å². The summed E-state index contributed by atoms with van der Waals surface area (Å²) < 4.78 is 11.5. The van der Waals surface area contributed by atoms with Crippen LogP contribution in [0.5, 0.6) is 0 Å². The van der Waals surface area contributed by atoms with E-state index < -0.39 is 155 Å². The number of Topliss-reactive ketones (excluding diaryl/α,β-unsaturated/α-hetero) is 3. The fourth-order valence-corrected chi connectivity index (χ4v) is 12.9. The predicted molar refractivity (Wildman–Crippen MR) is 360 cm³/mol. The van der Waals surface area contributed by atoms with Crippen LogP contribution in [0.3, 0.4) is 0 Å². The molecule has 1 unspecified atom stereocenters. The molecule has 0 aromatic carbocycles. The van der Waals surface area contributed by atoms with Gasteiger partial charge in [-0.05, 0) is 107 Å². The molecule has 14 atom stereocenters. The second-order valence-corrected chi connectivity index (χ2v) is 29.7. The Labute approximate surface area is 558 Å². The van der Waals surface area contributed by atoms with Gasteiger partial charge in [-0.15, -0.1) is 0 Å². The topological polar surface area (TPSA) is 264 Å². The lowest BCUT2D eigenvalue weighted by molar-refractivity contribution is -0.157. The van der Waals surface area contributed by atoms with Gasteiger partial charge in [0.05, 0.1) is 44.1 Å². The van der Waals surface area contributed by atoms with Gasteiger partial charge in [0.25, 0.3) is 0 Å². The molecule has 2 saturated heterocycles. The van der Waals surface area contributed by atoms with Crippen molar-refractivity contribution in [2.75, 3.05) is 89.3 Å². The third kappa shape index (κ3) is 23.7. The van der Waals surface area contributed by atoms with E-state index in [1.165, 1.54) is 90.6 Å². The van der Waals surface area contributed by atoms with E-state index in [1.807, 2.05) is 81.2 Å². The van der Waals surface area contributed by atoms with Crippen LogP contribution in [0.1, 0.15) is 175 Å². The predicted octanol–water partition coefficient (Wildman–Crippen LogP) is 5.70. The lowest BCUT2D eigenvalue weighted by Crippen LogP contribution is -2.62. The Hall–Kier alpha value is -5.39. The number of carbonyl (C=O) groups is 11. The van der Waals surface area contributed by atoms with Crippen LogP contribution >= 0.6 is 0 Å². The van der Waals surface area contributed by atoms with Gasteiger partial charge in [-0.25, -0.2) is 0 Å². The van der Waals surface area contributed by atoms with Crippen molar-refractivity contribution in [3.63, 3.8) is 0 Å². The highest BCUT2D eigenvalue weighted by atomic mass is 16.6. The third-order valence-corrected chi connectivity index (χ3v) is 19.2. The quantitative estimate of drug-likeness (QED) is 0.167. The number of hydrogen-bond donors (Lipinski definition) is 2. The van der Waals surface area contributed by atoms with Crippen molar-refractivity contribution in [1.29, 1.82) is 0 Å². The first-order valence-electron chi connectivity index (χ1n) is 34.4. The molecule has 0 aromatic heterocycles. The zero-order valence-electron chi connectivity index (χ0n) is 61.8. The van der Waals surface area contributed by atoms with Crippen LogP contribution < -0.4 is 5.32 Å². The molecule has 534 valence electrons. The van der Waals surface area contributed by atoms with Crippen LogP contribution in [0.25, 0.3) is 0 Å². The van der Waals surface area contributed by atoms with Gasteiger partial charge >= 0.3 is 0 Å². The molecule has 23 heteroatoms. The maximum absolute atomic E-state index is 15.5. The number of amides is 8. The van der Waals surface area contributed by atoms with Crippen LogP contribution in [0.4, 0.5) is 0 Å². The summed E-state index contributed by atoms with van der Waals surface area (Å²) in [6.45, 7) is 32.9. The standard InChI is InChI=1S/C70H125N9O14/c1-26-50-36-59(82)61(62(83)46(14)27-28-72(18)38-51-39-92-29-30-93-51)79(25)70(91)60(45(12)13)78(24)69(90)56(34-43(8)9)77(23)68(89)55(33-42(6)7)76(22)64(85)48(16)71-63(84)47(15)35-57(80)53(31-40(2)3)75(21)67(88)52(44(10)11)37-58(81)54(32-41(4)5)74(20)65(86)49(17)73(19)66(50)87/h40-56,60-62,83H,26-39H2,1-25H3,(H,71,84)/t46-,47+,48+,49-,50+,51?,52-,53-,54+,55-,56-,60-,61+,62-/m1/s1. The molecule has 0 radical (unpaired) electrons. The highest BCUT2D eigenvalue weighted by Crippen LogP contribution is 2.30. The summed E-state index contributed by atoms with van der Waals surface area (Å²) in [6, 6.07) is -9.40. The number of ether oxygens (including phenoxy) is 2. The van der Waals surface area contributed by atoms with E-state index in [4.69, 9.17) is 9.47 Å². The largest absolute Gasteiger partial charge is 0.390 e. The molecule has 2 N–H and O–H groups in total. The second-order valence-electron chi connectivity index (χ2n) is 29.7. The molecule has 2 rings (SSSR count). The number of rotatable bonds is 18. The second kappa shape index (κ2) is 38.4. The number of nitrogens with one attached hydrogen (secondary N) is 1. The molecule has 2 fully saturated rings. The van der Waals surface area contributed by atoms with Crippen molar-refractivity contribution in [3.05, 3.63) is 0 Å². The third-order valence-electron chi connectivity index (χ3n) is 19.2. The minimum Gasteiger partial charge on any atom is -0.390 e. The van der Waals surface area contributed by atoms with Crippen LogP contribution in [0.2, 0.25) is 0 Å². The molecule has 23 nitrogen and oxygen atoms in total. The first kappa shape index (κ1) is 83.7. The molecule has 0 bridgehead atoms. The van der Waals surface area contributed by atoms with Gasteiger partial charge < -0.3 is 59.1 Å². The van der Waals surface area contributed by atoms with E-state index in [0.29, 0.717) is 39.3 Å². The Bertz CT molecular complexity index is 2500. The smallest absolute Gasteiger partial charge is 0.246 e. The summed E-state index contributed by atoms with van der Waals surface area (Å²) in [4.78, 5) is 174. The van der Waals surface area contributed by atoms with Crippen LogP contribution in [0, 0.1) is 59.2 Å². The van der Waals surface area contributed by atoms with Gasteiger partial charge in [0.15, 0.2) is 17.3 Å². The van der Waals surface area contributed by atoms with Gasteiger partial charge in [-0.1, -0.05) is 104 Å². The van der Waals surface area contributed by atoms with Crippen LogP contribution in [-0.4, -0.2) is 259 Å². The maximum atomic E-state index is 15.5. The lowest BCUT2D eigenvalue weighted by Gasteiger charge is -2.42. The maximum Gasteiger partial charge on any atom is 0.246 e. The van der Waals surface area contributed by atoms with Gasteiger partial charge in [-0.2, -0.15) is 0 Å². The van der Waals surface area contributed by atoms with E-state index in [1.54, 1.807) is 41.5 Å². The minimum absolute atomic E-state index is 0.0737. The Morgan fingerprint density at radius 3 is 1.42 bits per heavy atom. The number of carbonyl (C=O) groups excluding carboxylic acids is 11. The number of aliphatic hydroxyl groups is 1. The SMILES string of the molecule is CC[C@H]1CC(=O)[C@@H]([C@H](O)[C@H](C)CCN(C)CC2COCCO2)N(C)C(=O)[C@@H](C(C)C)N(C)C(=O)[C@@H](CC(C)C)N(C)C(=O)[C@@H](CC(C)C)N(C)C(=O)[C@H](C)NC(=O)[C@@H](C)CC(=O)[C@@H](CC(C)C)N(C)C(=O)[C@@H](C(C)C)CC(=O)[C@H](CC(C)C)N(C)C(=O)[C@@H](C)N(C)C1=O. The molecule has 93 heavy (non-hydrogen) atoms. The molecule has 0 aliphatic carbocycles. The van der Waals surface area contributed by atoms with Crippen molar-refractivity contribution in [2.45, 2.75) is 236 Å². The molecule has 2 aliphatic rings. The fourth-order valence-electron chi connectivity index (χ4n) is 12.9. The first-order valence-corrected chi connectivity index (χ1v) is 34.4. The summed E-state index contributed by atoms with van der Waals surface area (Å²) >= 11 is 0. The monoisotopic (exact) mass is 1320 g/mol. The summed E-state index contributed by atoms with van der Waals surface area (Å²) in [7, 11) is 12.2. The van der Waals surface area contributed by atoms with Gasteiger partial charge in [0.1, 0.15) is 36.3 Å². The van der Waals surface area contributed by atoms with E-state index in [2.05, 4.69) is 5.32 Å². The highest BCUT2D eigenvalue weighted by Gasteiger charge is 2.46. The average molecular weight is 1320 g/mol. The normalized spacial score (nSPS) is 28.4. The number of hydrogen-bond acceptors (Lipinski definition) is 15. The molecule has 2 aliphatic heterocycles. The molecule has 0 spiro atoms. The number of ketones is 3. The van der Waals surface area contributed by atoms with Gasteiger partial charge in [0.2, 0.25) is 47.3 Å². The molecule has 0 saturated carbocycles. The Morgan fingerprint density at radius 1 is 0.505 bits per heavy atom. The Kier molecular flexibility index (Phi) is 34.5. The Morgan fingerprint density at radius 2 is 0.957 bits per heavy atom. The Balaban J connectivity index is 3.00. The molecule has 0 aromatic rings. The molecular weight excluding hydrogens is 1190 g/mol. The minimum atomic E-state index is -1.53. The van der Waals surface area contributed by atoms with Gasteiger partial charge in [0, 0.05) is 92.9 Å². The van der Waals surface area contributed by atoms with Gasteiger partial charge in [-0.3, -0.25) is 52.7 Å². The van der Waals surface area contributed by atoms with E-state index in [-0.39, 0.29) is 80.5 Å². The van der Waals surface area contributed by atoms with Crippen LogP contribution in [0.15, 0.2) is 0 Å². The van der Waals surface area contributed by atoms with E-state index in [0.717, 1.165) is 0 Å². The van der Waals surface area contributed by atoms with E-state index >= 15 is 19.2 Å². The fraction of sp³-hybridized carbons (Fsp3) is 0.843. The zero-order chi connectivity index (χ0) is 71.5. The molecule has 2 heterocycles. The molecule has 8 amide bonds. The average Bonchev–Trinajstić information content (AvgIpc) is 0.841. The first-order chi connectivity index (χ1) is 43.0. The van der Waals surface area contributed by atoms with E-state index in [9.17, 15) is 38.7 Å². The number of likely N-dealkylation sites (N-methyl/N-ethyl adjacent to an activating group) is 8. The summed E-state index contributed by atoms with van der Waals surface area (Å²) in [5, 5.41) is 15.3. The number of nitrogens with zero attached hydrogens (tertiary/aromatic N) is 8. The summed E-state index contributed by atoms with van der Waals surface area (Å²) in [6.07, 6.45) is -1.33. The number of aliphatic hydroxyl groups excluding tert-OH is 1. The van der Waals surface area contributed by atoms with Crippen molar-refractivity contribution < 1.29 is 67.3 Å². The van der Waals surface area contributed by atoms with Crippen molar-refractivity contribution in [2.24, 2.45) is 59.2 Å². The van der Waals surface area contributed by atoms with Crippen molar-refractivity contribution in [3.8, 4) is 0 Å². The summed E-state index contributed by atoms with van der Waals surface area (Å²) in [5.41, 5.74) is 0. The summed E-state index contributed by atoms with van der Waals surface area (Å²) in [5.74, 6) is -11.0. The zero-order valence-corrected chi connectivity index (χ0v) is 61.8. The highest BCUT2D eigenvalue weighted by molar-refractivity contribution is 6.00. The lowest BCUT2D eigenvalue weighted by atomic mass is 9.84.